The zero-order chi connectivity index (χ0) is 27.6. The predicted octanol–water partition coefficient (Wildman–Crippen LogP) is 3.81. The Labute approximate surface area is 226 Å². The van der Waals surface area contributed by atoms with Gasteiger partial charge >= 0.3 is 0 Å². The summed E-state index contributed by atoms with van der Waals surface area (Å²) in [6.45, 7) is 1.85. The molecule has 0 radical (unpaired) electrons. The number of para-hydroxylation sites is 1. The van der Waals surface area contributed by atoms with Crippen molar-refractivity contribution in [3.63, 3.8) is 0 Å². The minimum atomic E-state index is -1.07. The largest absolute Gasteiger partial charge is 0.504 e. The molecule has 2 saturated heterocycles. The summed E-state index contributed by atoms with van der Waals surface area (Å²) < 4.78 is 5.25. The highest BCUT2D eigenvalue weighted by Crippen LogP contribution is 2.60. The van der Waals surface area contributed by atoms with Gasteiger partial charge in [0, 0.05) is 13.0 Å². The van der Waals surface area contributed by atoms with E-state index in [1.165, 1.54) is 30.0 Å². The predicted molar refractivity (Wildman–Crippen MR) is 143 cm³/mol. The number of aromatic hydroxyl groups is 1. The number of carbonyl (C=O) groups is 4. The van der Waals surface area contributed by atoms with Crippen molar-refractivity contribution in [1.82, 2.24) is 4.90 Å². The van der Waals surface area contributed by atoms with Crippen molar-refractivity contribution in [3.8, 4) is 11.5 Å². The fraction of sp³-hybridized carbons (Fsp3) is 0.355. The van der Waals surface area contributed by atoms with E-state index in [1.807, 2.05) is 31.2 Å². The Morgan fingerprint density at radius 1 is 1.00 bits per heavy atom. The van der Waals surface area contributed by atoms with E-state index in [-0.39, 0.29) is 35.3 Å². The molecular weight excluding hydrogens is 496 g/mol. The van der Waals surface area contributed by atoms with Crippen LogP contribution in [0.15, 0.2) is 66.3 Å². The number of phenolic OH excluding ortho intramolecular Hbond substituents is 1. The number of anilines is 1. The van der Waals surface area contributed by atoms with Crippen molar-refractivity contribution in [2.75, 3.05) is 19.1 Å². The molecule has 2 aliphatic heterocycles. The minimum absolute atomic E-state index is 0.0176. The zero-order valence-corrected chi connectivity index (χ0v) is 22.0. The molecule has 2 heterocycles. The van der Waals surface area contributed by atoms with E-state index in [0.29, 0.717) is 24.3 Å². The van der Waals surface area contributed by atoms with Gasteiger partial charge in [0.15, 0.2) is 11.5 Å². The summed E-state index contributed by atoms with van der Waals surface area (Å²) in [5.41, 5.74) is 1.14. The Morgan fingerprint density at radius 2 is 1.74 bits per heavy atom. The van der Waals surface area contributed by atoms with E-state index < -0.39 is 29.1 Å². The van der Waals surface area contributed by atoms with Gasteiger partial charge in [-0.25, -0.2) is 4.90 Å². The van der Waals surface area contributed by atoms with Crippen LogP contribution < -0.4 is 9.64 Å². The molecule has 2 aromatic rings. The van der Waals surface area contributed by atoms with Crippen LogP contribution in [-0.2, 0) is 19.2 Å². The van der Waals surface area contributed by atoms with Crippen LogP contribution in [0.1, 0.15) is 25.3 Å². The molecule has 1 N–H and O–H groups in total. The molecule has 4 amide bonds. The average molecular weight is 527 g/mol. The number of hydrogen-bond acceptors (Lipinski definition) is 6. The first-order valence-electron chi connectivity index (χ1n) is 13.2. The Hall–Kier alpha value is -4.20. The molecular formula is C31H30N2O6. The first kappa shape index (κ1) is 25.1. The highest BCUT2D eigenvalue weighted by molar-refractivity contribution is 6.24. The van der Waals surface area contributed by atoms with Gasteiger partial charge in [-0.2, -0.15) is 0 Å². The van der Waals surface area contributed by atoms with Gasteiger partial charge in [-0.15, -0.1) is 0 Å². The van der Waals surface area contributed by atoms with Gasteiger partial charge in [0.05, 0.1) is 36.0 Å². The van der Waals surface area contributed by atoms with E-state index in [9.17, 15) is 24.3 Å². The third kappa shape index (κ3) is 3.50. The summed E-state index contributed by atoms with van der Waals surface area (Å²) >= 11 is 0. The summed E-state index contributed by atoms with van der Waals surface area (Å²) in [5.74, 6) is -3.02. The number of methoxy groups -OCH3 is 1. The fourth-order valence-corrected chi connectivity index (χ4v) is 7.20. The summed E-state index contributed by atoms with van der Waals surface area (Å²) in [6.07, 6.45) is 6.57. The Kier molecular flexibility index (Phi) is 5.75. The standard InChI is InChI=1S/C31H30N2O6/c1-31-22(13-9-17-10-14-24(34)25(15-17)39-3)19-11-12-20-26(29(37)32(2)27(20)35)21(19)16-23(31)28(36)33(30(31)38)18-7-5-4-6-8-18/h4-11,13-15,20-23,26,34H,12,16H2,1-3H3/t20-,21+,22-,23-,26-,31-/m0/s1. The molecule has 6 rings (SSSR count). The number of carbonyl (C=O) groups excluding carboxylic acids is 4. The number of nitrogens with zero attached hydrogens (tertiary/aromatic N) is 2. The quantitative estimate of drug-likeness (QED) is 0.480. The van der Waals surface area contributed by atoms with Crippen molar-refractivity contribution in [1.29, 1.82) is 0 Å². The molecule has 3 fully saturated rings. The number of rotatable bonds is 4. The van der Waals surface area contributed by atoms with Crippen LogP contribution in [0.4, 0.5) is 5.69 Å². The Bertz CT molecular complexity index is 1460. The maximum Gasteiger partial charge on any atom is 0.241 e. The van der Waals surface area contributed by atoms with E-state index >= 15 is 0 Å². The third-order valence-electron chi connectivity index (χ3n) is 9.27. The molecule has 2 aromatic carbocycles. The minimum Gasteiger partial charge on any atom is -0.504 e. The molecule has 6 atom stereocenters. The van der Waals surface area contributed by atoms with Crippen LogP contribution in [0, 0.1) is 35.0 Å². The van der Waals surface area contributed by atoms with E-state index in [2.05, 4.69) is 0 Å². The summed E-state index contributed by atoms with van der Waals surface area (Å²) in [6, 6.07) is 13.9. The Morgan fingerprint density at radius 3 is 2.46 bits per heavy atom. The Balaban J connectivity index is 1.48. The lowest BCUT2D eigenvalue weighted by Gasteiger charge is -2.47. The van der Waals surface area contributed by atoms with Crippen LogP contribution in [0.25, 0.3) is 6.08 Å². The normalized spacial score (nSPS) is 31.9. The summed E-state index contributed by atoms with van der Waals surface area (Å²) in [7, 11) is 2.99. The summed E-state index contributed by atoms with van der Waals surface area (Å²) in [4.78, 5) is 56.7. The topological polar surface area (TPSA) is 104 Å². The van der Waals surface area contributed by atoms with Crippen molar-refractivity contribution in [3.05, 3.63) is 71.8 Å². The van der Waals surface area contributed by atoms with E-state index in [0.717, 1.165) is 11.1 Å². The van der Waals surface area contributed by atoms with E-state index in [4.69, 9.17) is 4.74 Å². The number of amides is 4. The number of likely N-dealkylation sites (tertiary alicyclic amines) is 1. The maximum atomic E-state index is 14.2. The first-order chi connectivity index (χ1) is 18.7. The second-order valence-electron chi connectivity index (χ2n) is 11.1. The van der Waals surface area contributed by atoms with Crippen LogP contribution in [-0.4, -0.2) is 47.8 Å². The van der Waals surface area contributed by atoms with Gasteiger partial charge in [0.2, 0.25) is 23.6 Å². The monoisotopic (exact) mass is 526 g/mol. The highest BCUT2D eigenvalue weighted by Gasteiger charge is 2.66. The average Bonchev–Trinajstić information content (AvgIpc) is 3.28. The second kappa shape index (κ2) is 8.93. The molecule has 8 heteroatoms. The number of benzene rings is 2. The van der Waals surface area contributed by atoms with Crippen LogP contribution in [0.5, 0.6) is 11.5 Å². The highest BCUT2D eigenvalue weighted by atomic mass is 16.5. The maximum absolute atomic E-state index is 14.2. The van der Waals surface area contributed by atoms with Gasteiger partial charge in [-0.05, 0) is 55.5 Å². The smallest absolute Gasteiger partial charge is 0.241 e. The van der Waals surface area contributed by atoms with Crippen molar-refractivity contribution in [2.24, 2.45) is 35.0 Å². The van der Waals surface area contributed by atoms with E-state index in [1.54, 1.807) is 36.4 Å². The number of allylic oxidation sites excluding steroid dienone is 3. The number of phenols is 1. The molecule has 0 unspecified atom stereocenters. The van der Waals surface area contributed by atoms with Crippen LogP contribution in [0.3, 0.4) is 0 Å². The van der Waals surface area contributed by atoms with Gasteiger partial charge in [-0.1, -0.05) is 48.1 Å². The zero-order valence-electron chi connectivity index (χ0n) is 22.0. The molecule has 0 spiro atoms. The van der Waals surface area contributed by atoms with Gasteiger partial charge < -0.3 is 9.84 Å². The van der Waals surface area contributed by atoms with Gasteiger partial charge in [-0.3, -0.25) is 24.1 Å². The lowest BCUT2D eigenvalue weighted by Crippen LogP contribution is -2.49. The number of ether oxygens (including phenoxy) is 1. The summed E-state index contributed by atoms with van der Waals surface area (Å²) in [5, 5.41) is 10.0. The number of hydrogen-bond donors (Lipinski definition) is 1. The molecule has 200 valence electrons. The van der Waals surface area contributed by atoms with Gasteiger partial charge in [0.25, 0.3) is 0 Å². The van der Waals surface area contributed by atoms with Crippen molar-refractivity contribution >= 4 is 35.4 Å². The lowest BCUT2D eigenvalue weighted by atomic mass is 9.52. The van der Waals surface area contributed by atoms with Crippen molar-refractivity contribution < 1.29 is 29.0 Å². The number of imide groups is 2. The third-order valence-corrected chi connectivity index (χ3v) is 9.27. The van der Waals surface area contributed by atoms with Gasteiger partial charge in [0.1, 0.15) is 0 Å². The van der Waals surface area contributed by atoms with Crippen LogP contribution in [0.2, 0.25) is 0 Å². The lowest BCUT2D eigenvalue weighted by molar-refractivity contribution is -0.139. The molecule has 1 saturated carbocycles. The molecule has 0 bridgehead atoms. The fourth-order valence-electron chi connectivity index (χ4n) is 7.20. The first-order valence-corrected chi connectivity index (χ1v) is 13.2. The molecule has 2 aliphatic carbocycles. The molecule has 0 aromatic heterocycles. The number of fused-ring (bicyclic) bond motifs is 4. The SMILES string of the molecule is COc1cc(C=C[C@H]2C3=CC[C@@H]4C(=O)N(C)C(=O)[C@@H]4[C@@H]3C[C@H]3C(=O)N(c4ccccc4)C(=O)[C@@]23C)ccc1O. The molecule has 4 aliphatic rings. The second-order valence-corrected chi connectivity index (χ2v) is 11.1. The van der Waals surface area contributed by atoms with Crippen molar-refractivity contribution in [2.45, 2.75) is 19.8 Å². The molecule has 8 nitrogen and oxygen atoms in total. The molecule has 39 heavy (non-hydrogen) atoms. The van der Waals surface area contributed by atoms with Crippen LogP contribution >= 0.6 is 0 Å².